The SMILES string of the molecule is CCCN=CC(Br)CC. The van der Waals surface area contributed by atoms with Crippen molar-refractivity contribution >= 4 is 22.1 Å². The van der Waals surface area contributed by atoms with E-state index in [1.54, 1.807) is 0 Å². The van der Waals surface area contributed by atoms with Gasteiger partial charge in [0.1, 0.15) is 0 Å². The number of hydrogen-bond donors (Lipinski definition) is 0. The summed E-state index contributed by atoms with van der Waals surface area (Å²) in [7, 11) is 0. The number of nitrogens with zero attached hydrogens (tertiary/aromatic N) is 1. The second-order valence-corrected chi connectivity index (χ2v) is 3.16. The van der Waals surface area contributed by atoms with E-state index < -0.39 is 0 Å². The van der Waals surface area contributed by atoms with Crippen molar-refractivity contribution in [2.24, 2.45) is 4.99 Å². The fourth-order valence-electron chi connectivity index (χ4n) is 0.423. The summed E-state index contributed by atoms with van der Waals surface area (Å²) in [6, 6.07) is 0. The number of halogens is 1. The van der Waals surface area contributed by atoms with E-state index in [4.69, 9.17) is 0 Å². The molecular weight excluding hydrogens is 178 g/mol. The highest BCUT2D eigenvalue weighted by atomic mass is 79.9. The number of alkyl halides is 1. The molecule has 0 aliphatic heterocycles. The molecule has 0 radical (unpaired) electrons. The van der Waals surface area contributed by atoms with Crippen LogP contribution in [0.1, 0.15) is 26.7 Å². The summed E-state index contributed by atoms with van der Waals surface area (Å²) in [6.07, 6.45) is 4.23. The van der Waals surface area contributed by atoms with Gasteiger partial charge < -0.3 is 0 Å². The van der Waals surface area contributed by atoms with Gasteiger partial charge in [0.15, 0.2) is 0 Å². The minimum atomic E-state index is 0.476. The molecular formula is C7H14BrN. The minimum absolute atomic E-state index is 0.476. The average molecular weight is 192 g/mol. The van der Waals surface area contributed by atoms with Crippen molar-refractivity contribution in [1.29, 1.82) is 0 Å². The maximum Gasteiger partial charge on any atom is 0.0491 e. The first kappa shape index (κ1) is 9.15. The van der Waals surface area contributed by atoms with Gasteiger partial charge in [-0.3, -0.25) is 4.99 Å². The third-order valence-corrected chi connectivity index (χ3v) is 1.89. The summed E-state index contributed by atoms with van der Waals surface area (Å²) in [4.78, 5) is 4.66. The Kier molecular flexibility index (Phi) is 6.38. The summed E-state index contributed by atoms with van der Waals surface area (Å²) < 4.78 is 0. The maximum absolute atomic E-state index is 4.19. The van der Waals surface area contributed by atoms with Crippen LogP contribution in [-0.2, 0) is 0 Å². The van der Waals surface area contributed by atoms with Gasteiger partial charge in [-0.1, -0.05) is 29.8 Å². The molecule has 0 fully saturated rings. The highest BCUT2D eigenvalue weighted by Gasteiger charge is 1.91. The Balaban J connectivity index is 3.20. The van der Waals surface area contributed by atoms with Crippen molar-refractivity contribution in [1.82, 2.24) is 0 Å². The molecule has 0 saturated heterocycles. The predicted molar refractivity (Wildman–Crippen MR) is 46.7 cm³/mol. The van der Waals surface area contributed by atoms with Crippen molar-refractivity contribution in [3.05, 3.63) is 0 Å². The van der Waals surface area contributed by atoms with Crippen molar-refractivity contribution in [3.8, 4) is 0 Å². The first-order valence-corrected chi connectivity index (χ1v) is 4.36. The van der Waals surface area contributed by atoms with Gasteiger partial charge >= 0.3 is 0 Å². The van der Waals surface area contributed by atoms with Crippen LogP contribution >= 0.6 is 15.9 Å². The first-order valence-electron chi connectivity index (χ1n) is 3.45. The van der Waals surface area contributed by atoms with E-state index in [9.17, 15) is 0 Å². The lowest BCUT2D eigenvalue weighted by atomic mass is 10.4. The van der Waals surface area contributed by atoms with Gasteiger partial charge in [0.2, 0.25) is 0 Å². The fraction of sp³-hybridized carbons (Fsp3) is 0.857. The number of hydrogen-bond acceptors (Lipinski definition) is 1. The standard InChI is InChI=1S/C7H14BrN/c1-3-5-9-6-7(8)4-2/h6-7H,3-5H2,1-2H3. The van der Waals surface area contributed by atoms with Crippen LogP contribution in [0.25, 0.3) is 0 Å². The van der Waals surface area contributed by atoms with E-state index >= 15 is 0 Å². The van der Waals surface area contributed by atoms with E-state index in [0.717, 1.165) is 19.4 Å². The Bertz CT molecular complexity index is 81.0. The molecule has 0 amide bonds. The Morgan fingerprint density at radius 3 is 2.67 bits per heavy atom. The molecule has 0 spiro atoms. The molecule has 54 valence electrons. The summed E-state index contributed by atoms with van der Waals surface area (Å²) in [6.45, 7) is 5.23. The van der Waals surface area contributed by atoms with E-state index in [1.165, 1.54) is 0 Å². The van der Waals surface area contributed by atoms with Crippen LogP contribution in [0.4, 0.5) is 0 Å². The average Bonchev–Trinajstić information content (AvgIpc) is 1.89. The normalized spacial score (nSPS) is 14.6. The molecule has 0 aromatic carbocycles. The van der Waals surface area contributed by atoms with E-state index in [0.29, 0.717) is 4.83 Å². The van der Waals surface area contributed by atoms with Gasteiger partial charge in [0.25, 0.3) is 0 Å². The smallest absolute Gasteiger partial charge is 0.0491 e. The van der Waals surface area contributed by atoms with Crippen molar-refractivity contribution in [3.63, 3.8) is 0 Å². The zero-order valence-corrected chi connectivity index (χ0v) is 7.69. The van der Waals surface area contributed by atoms with Crippen molar-refractivity contribution in [2.45, 2.75) is 31.5 Å². The first-order chi connectivity index (χ1) is 4.31. The van der Waals surface area contributed by atoms with E-state index in [2.05, 4.69) is 34.8 Å². The molecule has 0 bridgehead atoms. The Labute approximate surface area is 65.7 Å². The lowest BCUT2D eigenvalue weighted by Gasteiger charge is -1.94. The van der Waals surface area contributed by atoms with Crippen LogP contribution in [0.5, 0.6) is 0 Å². The monoisotopic (exact) mass is 191 g/mol. The van der Waals surface area contributed by atoms with Crippen LogP contribution in [0.3, 0.4) is 0 Å². The zero-order chi connectivity index (χ0) is 7.11. The minimum Gasteiger partial charge on any atom is -0.296 e. The van der Waals surface area contributed by atoms with Crippen LogP contribution in [0, 0.1) is 0 Å². The molecule has 2 heteroatoms. The van der Waals surface area contributed by atoms with Gasteiger partial charge in [-0.15, -0.1) is 0 Å². The van der Waals surface area contributed by atoms with Gasteiger partial charge in [0, 0.05) is 17.6 Å². The number of aliphatic imine (C=N–C) groups is 1. The zero-order valence-electron chi connectivity index (χ0n) is 6.10. The van der Waals surface area contributed by atoms with Crippen LogP contribution in [0.2, 0.25) is 0 Å². The quantitative estimate of drug-likeness (QED) is 0.479. The van der Waals surface area contributed by atoms with Crippen LogP contribution in [0.15, 0.2) is 4.99 Å². The third-order valence-electron chi connectivity index (χ3n) is 1.01. The van der Waals surface area contributed by atoms with E-state index in [1.807, 2.05) is 6.21 Å². The van der Waals surface area contributed by atoms with Gasteiger partial charge in [-0.25, -0.2) is 0 Å². The lowest BCUT2D eigenvalue weighted by Crippen LogP contribution is -1.96. The molecule has 1 nitrogen and oxygen atoms in total. The van der Waals surface area contributed by atoms with Crippen LogP contribution < -0.4 is 0 Å². The Morgan fingerprint density at radius 2 is 2.22 bits per heavy atom. The molecule has 0 saturated carbocycles. The Morgan fingerprint density at radius 1 is 1.56 bits per heavy atom. The van der Waals surface area contributed by atoms with E-state index in [-0.39, 0.29) is 0 Å². The van der Waals surface area contributed by atoms with Gasteiger partial charge in [-0.2, -0.15) is 0 Å². The molecule has 0 N–H and O–H groups in total. The second kappa shape index (κ2) is 6.27. The highest BCUT2D eigenvalue weighted by Crippen LogP contribution is 1.99. The molecule has 0 aliphatic rings. The summed E-state index contributed by atoms with van der Waals surface area (Å²) in [5.74, 6) is 0. The van der Waals surface area contributed by atoms with Crippen molar-refractivity contribution in [2.75, 3.05) is 6.54 Å². The summed E-state index contributed by atoms with van der Waals surface area (Å²) >= 11 is 3.46. The molecule has 0 heterocycles. The second-order valence-electron chi connectivity index (χ2n) is 1.98. The molecule has 0 aliphatic carbocycles. The summed E-state index contributed by atoms with van der Waals surface area (Å²) in [5, 5.41) is 0. The van der Waals surface area contributed by atoms with Gasteiger partial charge in [0.05, 0.1) is 0 Å². The number of rotatable bonds is 4. The lowest BCUT2D eigenvalue weighted by molar-refractivity contribution is 0.926. The topological polar surface area (TPSA) is 12.4 Å². The van der Waals surface area contributed by atoms with Gasteiger partial charge in [-0.05, 0) is 12.8 Å². The predicted octanol–water partition coefficient (Wildman–Crippen LogP) is 2.64. The molecule has 0 aromatic rings. The molecule has 0 aromatic heterocycles. The molecule has 1 unspecified atom stereocenters. The summed E-state index contributed by atoms with van der Waals surface area (Å²) in [5.41, 5.74) is 0. The maximum atomic E-state index is 4.19. The van der Waals surface area contributed by atoms with Crippen molar-refractivity contribution < 1.29 is 0 Å². The third kappa shape index (κ3) is 6.03. The molecule has 9 heavy (non-hydrogen) atoms. The highest BCUT2D eigenvalue weighted by molar-refractivity contribution is 9.09. The molecule has 1 atom stereocenters. The molecule has 0 rings (SSSR count). The largest absolute Gasteiger partial charge is 0.296 e. The fourth-order valence-corrected chi connectivity index (χ4v) is 0.591. The Hall–Kier alpha value is 0.150. The van der Waals surface area contributed by atoms with Crippen LogP contribution in [-0.4, -0.2) is 17.6 Å².